The molecule has 0 aliphatic carbocycles. The van der Waals surface area contributed by atoms with Crippen molar-refractivity contribution in [3.8, 4) is 16.9 Å². The third-order valence-electron chi connectivity index (χ3n) is 3.44. The Kier molecular flexibility index (Phi) is 5.86. The first-order valence-electron chi connectivity index (χ1n) is 7.50. The molecule has 2 aromatic carbocycles. The van der Waals surface area contributed by atoms with E-state index in [1.54, 1.807) is 0 Å². The van der Waals surface area contributed by atoms with E-state index in [4.69, 9.17) is 4.74 Å². The van der Waals surface area contributed by atoms with E-state index >= 15 is 0 Å². The summed E-state index contributed by atoms with van der Waals surface area (Å²) in [5.41, 5.74) is 3.75. The van der Waals surface area contributed by atoms with Crippen LogP contribution in [0.5, 0.6) is 5.75 Å². The summed E-state index contributed by atoms with van der Waals surface area (Å²) in [4.78, 5) is 0. The SMILES string of the molecule is CC(C)CC(C)Oc1ccc(-c2ccc(CBr)cc2)cc1. The van der Waals surface area contributed by atoms with Crippen molar-refractivity contribution in [2.75, 3.05) is 0 Å². The number of ether oxygens (including phenoxy) is 1. The number of hydrogen-bond donors (Lipinski definition) is 0. The minimum Gasteiger partial charge on any atom is -0.491 e. The lowest BCUT2D eigenvalue weighted by atomic mass is 10.0. The molecular formula is C19H23BrO. The largest absolute Gasteiger partial charge is 0.491 e. The lowest BCUT2D eigenvalue weighted by molar-refractivity contribution is 0.193. The Morgan fingerprint density at radius 1 is 0.857 bits per heavy atom. The highest BCUT2D eigenvalue weighted by molar-refractivity contribution is 9.08. The number of alkyl halides is 1. The third kappa shape index (κ3) is 4.89. The predicted octanol–water partition coefficient (Wildman–Crippen LogP) is 6.06. The van der Waals surface area contributed by atoms with Gasteiger partial charge in [0.25, 0.3) is 0 Å². The van der Waals surface area contributed by atoms with Crippen molar-refractivity contribution in [1.29, 1.82) is 0 Å². The van der Waals surface area contributed by atoms with Crippen molar-refractivity contribution in [1.82, 2.24) is 0 Å². The second-order valence-corrected chi connectivity index (χ2v) is 6.47. The molecule has 0 radical (unpaired) electrons. The summed E-state index contributed by atoms with van der Waals surface area (Å²) in [6, 6.07) is 17.0. The zero-order chi connectivity index (χ0) is 15.2. The molecule has 21 heavy (non-hydrogen) atoms. The van der Waals surface area contributed by atoms with E-state index < -0.39 is 0 Å². The summed E-state index contributed by atoms with van der Waals surface area (Å²) in [5.74, 6) is 1.61. The van der Waals surface area contributed by atoms with Crippen molar-refractivity contribution in [2.45, 2.75) is 38.6 Å². The fourth-order valence-electron chi connectivity index (χ4n) is 2.46. The van der Waals surface area contributed by atoms with Gasteiger partial charge in [-0.2, -0.15) is 0 Å². The van der Waals surface area contributed by atoms with Gasteiger partial charge < -0.3 is 4.74 Å². The Morgan fingerprint density at radius 3 is 1.86 bits per heavy atom. The van der Waals surface area contributed by atoms with Gasteiger partial charge in [-0.25, -0.2) is 0 Å². The maximum atomic E-state index is 5.95. The summed E-state index contributed by atoms with van der Waals surface area (Å²) in [6.45, 7) is 6.58. The van der Waals surface area contributed by atoms with Crippen LogP contribution in [-0.2, 0) is 5.33 Å². The fourth-order valence-corrected chi connectivity index (χ4v) is 2.83. The van der Waals surface area contributed by atoms with Crippen LogP contribution in [0, 0.1) is 5.92 Å². The maximum absolute atomic E-state index is 5.95. The van der Waals surface area contributed by atoms with E-state index in [9.17, 15) is 0 Å². The number of rotatable bonds is 6. The van der Waals surface area contributed by atoms with Crippen LogP contribution < -0.4 is 4.74 Å². The molecular weight excluding hydrogens is 324 g/mol. The number of benzene rings is 2. The summed E-state index contributed by atoms with van der Waals surface area (Å²) >= 11 is 3.47. The van der Waals surface area contributed by atoms with E-state index in [1.807, 2.05) is 0 Å². The first-order valence-corrected chi connectivity index (χ1v) is 8.62. The van der Waals surface area contributed by atoms with E-state index in [0.29, 0.717) is 5.92 Å². The van der Waals surface area contributed by atoms with Crippen LogP contribution in [0.3, 0.4) is 0 Å². The van der Waals surface area contributed by atoms with E-state index in [-0.39, 0.29) is 6.10 Å². The lowest BCUT2D eigenvalue weighted by Gasteiger charge is -2.16. The summed E-state index contributed by atoms with van der Waals surface area (Å²) in [7, 11) is 0. The van der Waals surface area contributed by atoms with Gasteiger partial charge in [0.05, 0.1) is 6.10 Å². The highest BCUT2D eigenvalue weighted by Crippen LogP contribution is 2.24. The standard InChI is InChI=1S/C19H23BrO/c1-14(2)12-15(3)21-19-10-8-18(9-11-19)17-6-4-16(13-20)5-7-17/h4-11,14-15H,12-13H2,1-3H3. The number of halogens is 1. The monoisotopic (exact) mass is 346 g/mol. The summed E-state index contributed by atoms with van der Waals surface area (Å²) in [5, 5.41) is 0.897. The molecule has 0 aliphatic rings. The first kappa shape index (κ1) is 16.1. The minimum atomic E-state index is 0.258. The highest BCUT2D eigenvalue weighted by atomic mass is 79.9. The van der Waals surface area contributed by atoms with Crippen LogP contribution in [-0.4, -0.2) is 6.10 Å². The molecule has 0 aliphatic heterocycles. The Labute approximate surface area is 136 Å². The van der Waals surface area contributed by atoms with Crippen molar-refractivity contribution in [2.24, 2.45) is 5.92 Å². The minimum absolute atomic E-state index is 0.258. The van der Waals surface area contributed by atoms with Crippen LogP contribution in [0.4, 0.5) is 0 Å². The van der Waals surface area contributed by atoms with E-state index in [0.717, 1.165) is 17.5 Å². The second kappa shape index (κ2) is 7.65. The van der Waals surface area contributed by atoms with Gasteiger partial charge in [0.1, 0.15) is 5.75 Å². The Bertz CT molecular complexity index is 543. The van der Waals surface area contributed by atoms with Crippen molar-refractivity contribution < 1.29 is 4.74 Å². The van der Waals surface area contributed by atoms with Gasteiger partial charge in [-0.05, 0) is 48.1 Å². The van der Waals surface area contributed by atoms with Gasteiger partial charge >= 0.3 is 0 Å². The Morgan fingerprint density at radius 2 is 1.38 bits per heavy atom. The molecule has 1 atom stereocenters. The third-order valence-corrected chi connectivity index (χ3v) is 4.08. The van der Waals surface area contributed by atoms with Crippen molar-refractivity contribution in [3.63, 3.8) is 0 Å². The van der Waals surface area contributed by atoms with Crippen LogP contribution in [0.15, 0.2) is 48.5 Å². The van der Waals surface area contributed by atoms with Crippen LogP contribution in [0.25, 0.3) is 11.1 Å². The van der Waals surface area contributed by atoms with Crippen LogP contribution >= 0.6 is 15.9 Å². The molecule has 2 rings (SSSR count). The lowest BCUT2D eigenvalue weighted by Crippen LogP contribution is -2.14. The molecule has 0 saturated carbocycles. The molecule has 0 saturated heterocycles. The molecule has 0 N–H and O–H groups in total. The maximum Gasteiger partial charge on any atom is 0.119 e. The molecule has 1 nitrogen and oxygen atoms in total. The topological polar surface area (TPSA) is 9.23 Å². The summed E-state index contributed by atoms with van der Waals surface area (Å²) in [6.07, 6.45) is 1.34. The molecule has 1 unspecified atom stereocenters. The van der Waals surface area contributed by atoms with Gasteiger partial charge in [-0.3, -0.25) is 0 Å². The zero-order valence-electron chi connectivity index (χ0n) is 13.0. The van der Waals surface area contributed by atoms with E-state index in [1.165, 1.54) is 16.7 Å². The molecule has 112 valence electrons. The summed E-state index contributed by atoms with van der Waals surface area (Å²) < 4.78 is 5.95. The predicted molar refractivity (Wildman–Crippen MR) is 94.1 cm³/mol. The average Bonchev–Trinajstić information content (AvgIpc) is 2.47. The Hall–Kier alpha value is -1.28. The van der Waals surface area contributed by atoms with Gasteiger partial charge in [-0.15, -0.1) is 0 Å². The van der Waals surface area contributed by atoms with Crippen molar-refractivity contribution >= 4 is 15.9 Å². The van der Waals surface area contributed by atoms with Crippen LogP contribution in [0.1, 0.15) is 32.8 Å². The second-order valence-electron chi connectivity index (χ2n) is 5.91. The molecule has 0 aromatic heterocycles. The first-order chi connectivity index (χ1) is 10.1. The van der Waals surface area contributed by atoms with Gasteiger partial charge in [0, 0.05) is 5.33 Å². The molecule has 2 aromatic rings. The number of hydrogen-bond acceptors (Lipinski definition) is 1. The average molecular weight is 347 g/mol. The fraction of sp³-hybridized carbons (Fsp3) is 0.368. The normalized spacial score (nSPS) is 12.4. The smallest absolute Gasteiger partial charge is 0.119 e. The Balaban J connectivity index is 2.04. The van der Waals surface area contributed by atoms with Crippen LogP contribution in [0.2, 0.25) is 0 Å². The highest BCUT2D eigenvalue weighted by Gasteiger charge is 2.07. The molecule has 2 heteroatoms. The molecule has 0 bridgehead atoms. The van der Waals surface area contributed by atoms with Gasteiger partial charge in [0.15, 0.2) is 0 Å². The molecule has 0 spiro atoms. The molecule has 0 amide bonds. The van der Waals surface area contributed by atoms with Gasteiger partial charge in [-0.1, -0.05) is 66.2 Å². The van der Waals surface area contributed by atoms with Crippen molar-refractivity contribution in [3.05, 3.63) is 54.1 Å². The molecule has 0 heterocycles. The quantitative estimate of drug-likeness (QED) is 0.577. The van der Waals surface area contributed by atoms with Gasteiger partial charge in [0.2, 0.25) is 0 Å². The van der Waals surface area contributed by atoms with E-state index in [2.05, 4.69) is 85.2 Å². The zero-order valence-corrected chi connectivity index (χ0v) is 14.6. The molecule has 0 fully saturated rings.